The van der Waals surface area contributed by atoms with E-state index in [1.165, 1.54) is 0 Å². The fourth-order valence-corrected chi connectivity index (χ4v) is 3.61. The van der Waals surface area contributed by atoms with Gasteiger partial charge in [-0.2, -0.15) is 0 Å². The number of carbonyl (C=O) groups excluding carboxylic acids is 1. The maximum atomic E-state index is 13.4. The highest BCUT2D eigenvalue weighted by Gasteiger charge is 2.17. The van der Waals surface area contributed by atoms with Crippen molar-refractivity contribution in [2.45, 2.75) is 20.4 Å². The van der Waals surface area contributed by atoms with Gasteiger partial charge in [0, 0.05) is 28.5 Å². The Morgan fingerprint density at radius 2 is 1.80 bits per heavy atom. The molecule has 0 aliphatic heterocycles. The van der Waals surface area contributed by atoms with E-state index in [4.69, 9.17) is 10.3 Å². The SMILES string of the molecule is Cc1noc(C)c1-c1cc(-c2cccc(C(N)=O)c2)c(=O)n(Cc2ccccc2)c1. The Bertz CT molecular complexity index is 1270. The third-order valence-electron chi connectivity index (χ3n) is 5.06. The van der Waals surface area contributed by atoms with Crippen molar-refractivity contribution in [1.29, 1.82) is 0 Å². The molecule has 0 spiro atoms. The highest BCUT2D eigenvalue weighted by Crippen LogP contribution is 2.29. The van der Waals surface area contributed by atoms with Gasteiger partial charge < -0.3 is 14.8 Å². The molecule has 0 fully saturated rings. The normalized spacial score (nSPS) is 10.9. The van der Waals surface area contributed by atoms with Gasteiger partial charge in [0.1, 0.15) is 5.76 Å². The standard InChI is InChI=1S/C24H21N3O3/c1-15-22(16(2)30-26-15)20-12-21(18-9-6-10-19(11-18)23(25)28)24(29)27(14-20)13-17-7-4-3-5-8-17/h3-12,14H,13H2,1-2H3,(H2,25,28). The van der Waals surface area contributed by atoms with Gasteiger partial charge in [0.15, 0.2) is 0 Å². The lowest BCUT2D eigenvalue weighted by molar-refractivity contribution is 0.100. The Labute approximate surface area is 173 Å². The van der Waals surface area contributed by atoms with Gasteiger partial charge in [-0.3, -0.25) is 9.59 Å². The monoisotopic (exact) mass is 399 g/mol. The zero-order valence-corrected chi connectivity index (χ0v) is 16.8. The van der Waals surface area contributed by atoms with Crippen LogP contribution in [0, 0.1) is 13.8 Å². The number of carbonyl (C=O) groups is 1. The van der Waals surface area contributed by atoms with E-state index in [1.807, 2.05) is 56.4 Å². The summed E-state index contributed by atoms with van der Waals surface area (Å²) in [4.78, 5) is 25.0. The second kappa shape index (κ2) is 7.83. The number of primary amides is 1. The minimum atomic E-state index is -0.539. The zero-order valence-electron chi connectivity index (χ0n) is 16.8. The van der Waals surface area contributed by atoms with E-state index in [2.05, 4.69) is 5.16 Å². The van der Waals surface area contributed by atoms with Gasteiger partial charge in [-0.25, -0.2) is 0 Å². The van der Waals surface area contributed by atoms with Gasteiger partial charge in [0.2, 0.25) is 5.91 Å². The van der Waals surface area contributed by atoms with Gasteiger partial charge >= 0.3 is 0 Å². The van der Waals surface area contributed by atoms with E-state index in [9.17, 15) is 9.59 Å². The molecule has 150 valence electrons. The van der Waals surface area contributed by atoms with Crippen LogP contribution in [0.2, 0.25) is 0 Å². The number of amides is 1. The van der Waals surface area contributed by atoms with Gasteiger partial charge in [-0.05, 0) is 43.2 Å². The number of hydrogen-bond donors (Lipinski definition) is 1. The molecule has 2 aromatic carbocycles. The molecule has 6 nitrogen and oxygen atoms in total. The minimum Gasteiger partial charge on any atom is -0.366 e. The number of rotatable bonds is 5. The van der Waals surface area contributed by atoms with Crippen molar-refractivity contribution >= 4 is 5.91 Å². The predicted octanol–water partition coefficient (Wildman–Crippen LogP) is 3.93. The second-order valence-corrected chi connectivity index (χ2v) is 7.21. The summed E-state index contributed by atoms with van der Waals surface area (Å²) in [6.45, 7) is 4.13. The van der Waals surface area contributed by atoms with E-state index in [0.29, 0.717) is 29.0 Å². The Hall–Kier alpha value is -3.93. The zero-order chi connectivity index (χ0) is 21.3. The maximum Gasteiger partial charge on any atom is 0.258 e. The molecule has 0 saturated heterocycles. The molecule has 0 unspecified atom stereocenters. The molecular weight excluding hydrogens is 378 g/mol. The van der Waals surface area contributed by atoms with Crippen LogP contribution in [0.5, 0.6) is 0 Å². The molecule has 4 aromatic rings. The lowest BCUT2D eigenvalue weighted by Crippen LogP contribution is -2.22. The van der Waals surface area contributed by atoms with Crippen LogP contribution in [-0.4, -0.2) is 15.6 Å². The van der Waals surface area contributed by atoms with Crippen LogP contribution in [0.25, 0.3) is 22.3 Å². The molecule has 2 heterocycles. The maximum absolute atomic E-state index is 13.4. The van der Waals surface area contributed by atoms with Gasteiger partial charge in [-0.15, -0.1) is 0 Å². The van der Waals surface area contributed by atoms with Crippen molar-refractivity contribution in [3.8, 4) is 22.3 Å². The highest BCUT2D eigenvalue weighted by molar-refractivity contribution is 5.94. The summed E-state index contributed by atoms with van der Waals surface area (Å²) < 4.78 is 7.01. The summed E-state index contributed by atoms with van der Waals surface area (Å²) in [6.07, 6.45) is 1.82. The van der Waals surface area contributed by atoms with E-state index in [-0.39, 0.29) is 5.56 Å². The van der Waals surface area contributed by atoms with Gasteiger partial charge in [0.25, 0.3) is 5.56 Å². The topological polar surface area (TPSA) is 91.1 Å². The van der Waals surface area contributed by atoms with E-state index in [1.54, 1.807) is 28.8 Å². The van der Waals surface area contributed by atoms with Crippen molar-refractivity contribution in [3.63, 3.8) is 0 Å². The number of aromatic nitrogens is 2. The van der Waals surface area contributed by atoms with Crippen molar-refractivity contribution in [2.75, 3.05) is 0 Å². The van der Waals surface area contributed by atoms with Crippen LogP contribution in [0.4, 0.5) is 0 Å². The smallest absolute Gasteiger partial charge is 0.258 e. The Kier molecular flexibility index (Phi) is 5.06. The Balaban J connectivity index is 1.94. The summed E-state index contributed by atoms with van der Waals surface area (Å²) in [6, 6.07) is 18.4. The summed E-state index contributed by atoms with van der Waals surface area (Å²) in [5, 5.41) is 4.04. The number of nitrogens with zero attached hydrogens (tertiary/aromatic N) is 2. The number of aryl methyl sites for hydroxylation is 2. The molecule has 0 aliphatic carbocycles. The first-order valence-corrected chi connectivity index (χ1v) is 9.56. The minimum absolute atomic E-state index is 0.156. The highest BCUT2D eigenvalue weighted by atomic mass is 16.5. The van der Waals surface area contributed by atoms with Gasteiger partial charge in [0.05, 0.1) is 12.2 Å². The summed E-state index contributed by atoms with van der Waals surface area (Å²) in [5.41, 5.74) is 10.2. The average molecular weight is 399 g/mol. The fourth-order valence-electron chi connectivity index (χ4n) is 3.61. The molecular formula is C24H21N3O3. The van der Waals surface area contributed by atoms with E-state index < -0.39 is 5.91 Å². The molecule has 30 heavy (non-hydrogen) atoms. The molecule has 0 saturated carbocycles. The third kappa shape index (κ3) is 3.67. The van der Waals surface area contributed by atoms with Crippen LogP contribution in [0.1, 0.15) is 27.4 Å². The molecule has 0 atom stereocenters. The third-order valence-corrected chi connectivity index (χ3v) is 5.06. The summed E-state index contributed by atoms with van der Waals surface area (Å²) in [5.74, 6) is 0.137. The average Bonchev–Trinajstić information content (AvgIpc) is 3.08. The molecule has 0 radical (unpaired) electrons. The summed E-state index contributed by atoms with van der Waals surface area (Å²) >= 11 is 0. The van der Waals surface area contributed by atoms with Gasteiger partial charge in [-0.1, -0.05) is 47.6 Å². The van der Waals surface area contributed by atoms with Crippen LogP contribution >= 0.6 is 0 Å². The lowest BCUT2D eigenvalue weighted by Gasteiger charge is -2.13. The first-order valence-electron chi connectivity index (χ1n) is 9.56. The molecule has 6 heteroatoms. The molecule has 0 bridgehead atoms. The van der Waals surface area contributed by atoms with Crippen molar-refractivity contribution in [1.82, 2.24) is 9.72 Å². The largest absolute Gasteiger partial charge is 0.366 e. The second-order valence-electron chi connectivity index (χ2n) is 7.21. The first-order chi connectivity index (χ1) is 14.4. The molecule has 2 N–H and O–H groups in total. The lowest BCUT2D eigenvalue weighted by atomic mass is 9.99. The Morgan fingerprint density at radius 3 is 2.47 bits per heavy atom. The fraction of sp³-hybridized carbons (Fsp3) is 0.125. The molecule has 4 rings (SSSR count). The van der Waals surface area contributed by atoms with Crippen LogP contribution in [-0.2, 0) is 6.54 Å². The van der Waals surface area contributed by atoms with Crippen molar-refractivity contribution < 1.29 is 9.32 Å². The number of hydrogen-bond acceptors (Lipinski definition) is 4. The van der Waals surface area contributed by atoms with E-state index >= 15 is 0 Å². The van der Waals surface area contributed by atoms with Crippen molar-refractivity contribution in [2.24, 2.45) is 5.73 Å². The molecule has 2 aromatic heterocycles. The quantitative estimate of drug-likeness (QED) is 0.550. The van der Waals surface area contributed by atoms with Crippen molar-refractivity contribution in [3.05, 3.63) is 99.8 Å². The molecule has 0 aliphatic rings. The van der Waals surface area contributed by atoms with Crippen LogP contribution in [0.15, 0.2) is 76.2 Å². The van der Waals surface area contributed by atoms with Crippen LogP contribution in [0.3, 0.4) is 0 Å². The number of nitrogens with two attached hydrogens (primary N) is 1. The number of pyridine rings is 1. The first kappa shape index (κ1) is 19.4. The molecule has 1 amide bonds. The summed E-state index contributed by atoms with van der Waals surface area (Å²) in [7, 11) is 0. The predicted molar refractivity (Wildman–Crippen MR) is 115 cm³/mol. The van der Waals surface area contributed by atoms with Crippen LogP contribution < -0.4 is 11.3 Å². The Morgan fingerprint density at radius 1 is 1.03 bits per heavy atom. The number of benzene rings is 2. The van der Waals surface area contributed by atoms with E-state index in [0.717, 1.165) is 22.4 Å².